The van der Waals surface area contributed by atoms with Gasteiger partial charge >= 0.3 is 0 Å². The van der Waals surface area contributed by atoms with Crippen LogP contribution in [0.25, 0.3) is 5.57 Å². The molecule has 32 heavy (non-hydrogen) atoms. The van der Waals surface area contributed by atoms with Crippen molar-refractivity contribution in [1.29, 1.82) is 0 Å². The van der Waals surface area contributed by atoms with Gasteiger partial charge in [0.05, 0.1) is 6.04 Å². The van der Waals surface area contributed by atoms with Gasteiger partial charge in [0.15, 0.2) is 0 Å². The fraction of sp³-hybridized carbons (Fsp3) is 0.286. The van der Waals surface area contributed by atoms with Crippen LogP contribution in [0.2, 0.25) is 0 Å². The predicted molar refractivity (Wildman–Crippen MR) is 127 cm³/mol. The van der Waals surface area contributed by atoms with Crippen molar-refractivity contribution >= 4 is 5.57 Å². The highest BCUT2D eigenvalue weighted by Crippen LogP contribution is 2.40. The number of allylic oxidation sites excluding steroid dienone is 1. The molecule has 1 atom stereocenters. The van der Waals surface area contributed by atoms with E-state index in [1.807, 2.05) is 6.07 Å². The summed E-state index contributed by atoms with van der Waals surface area (Å²) in [5, 5.41) is 0. The molecule has 2 heterocycles. The van der Waals surface area contributed by atoms with E-state index in [-0.39, 0.29) is 11.9 Å². The fourth-order valence-corrected chi connectivity index (χ4v) is 4.80. The lowest BCUT2D eigenvalue weighted by atomic mass is 9.93. The Morgan fingerprint density at radius 2 is 1.69 bits per heavy atom. The van der Waals surface area contributed by atoms with Crippen molar-refractivity contribution in [2.24, 2.45) is 0 Å². The zero-order valence-electron chi connectivity index (χ0n) is 18.5. The lowest BCUT2D eigenvalue weighted by molar-refractivity contribution is 0.117. The summed E-state index contributed by atoms with van der Waals surface area (Å²) >= 11 is 0. The molecule has 3 nitrogen and oxygen atoms in total. The SMILES string of the molecule is C/C(=C\CN1CCN(C2c3ccccc3COc3cc(F)ccc32)CC1)c1ccccc1. The first kappa shape index (κ1) is 20.9. The number of hydrogen-bond acceptors (Lipinski definition) is 3. The molecule has 3 aromatic rings. The molecular formula is C28H29FN2O. The molecule has 0 spiro atoms. The topological polar surface area (TPSA) is 15.7 Å². The highest BCUT2D eigenvalue weighted by Gasteiger charge is 2.31. The maximum absolute atomic E-state index is 13.9. The van der Waals surface area contributed by atoms with Crippen molar-refractivity contribution < 1.29 is 9.13 Å². The monoisotopic (exact) mass is 428 g/mol. The van der Waals surface area contributed by atoms with Crippen LogP contribution in [-0.4, -0.2) is 42.5 Å². The number of ether oxygens (including phenoxy) is 1. The second kappa shape index (κ2) is 9.27. The normalized spacial score (nSPS) is 19.6. The maximum Gasteiger partial charge on any atom is 0.127 e. The van der Waals surface area contributed by atoms with Crippen molar-refractivity contribution in [2.75, 3.05) is 32.7 Å². The molecule has 0 amide bonds. The van der Waals surface area contributed by atoms with E-state index in [0.717, 1.165) is 38.3 Å². The number of piperazine rings is 1. The van der Waals surface area contributed by atoms with E-state index in [2.05, 4.69) is 77.4 Å². The number of fused-ring (bicyclic) bond motifs is 2. The molecule has 2 aliphatic heterocycles. The van der Waals surface area contributed by atoms with Gasteiger partial charge in [-0.15, -0.1) is 0 Å². The lowest BCUT2D eigenvalue weighted by Gasteiger charge is -2.39. The summed E-state index contributed by atoms with van der Waals surface area (Å²) < 4.78 is 20.0. The van der Waals surface area contributed by atoms with Gasteiger partial charge in [-0.25, -0.2) is 4.39 Å². The van der Waals surface area contributed by atoms with Gasteiger partial charge in [0, 0.05) is 44.4 Å². The molecule has 0 saturated carbocycles. The summed E-state index contributed by atoms with van der Waals surface area (Å²) in [5.74, 6) is 0.411. The smallest absolute Gasteiger partial charge is 0.127 e. The minimum Gasteiger partial charge on any atom is -0.488 e. The van der Waals surface area contributed by atoms with Crippen molar-refractivity contribution in [1.82, 2.24) is 9.80 Å². The molecule has 1 saturated heterocycles. The van der Waals surface area contributed by atoms with E-state index < -0.39 is 0 Å². The first-order valence-corrected chi connectivity index (χ1v) is 11.4. The Balaban J connectivity index is 1.33. The summed E-state index contributed by atoms with van der Waals surface area (Å²) in [7, 11) is 0. The van der Waals surface area contributed by atoms with Crippen LogP contribution in [0.4, 0.5) is 4.39 Å². The van der Waals surface area contributed by atoms with Crippen molar-refractivity contribution in [3.05, 3.63) is 107 Å². The Hall–Kier alpha value is -2.95. The van der Waals surface area contributed by atoms with Gasteiger partial charge in [0.25, 0.3) is 0 Å². The molecule has 0 bridgehead atoms. The molecule has 0 radical (unpaired) electrons. The van der Waals surface area contributed by atoms with Gasteiger partial charge in [-0.05, 0) is 35.3 Å². The summed E-state index contributed by atoms with van der Waals surface area (Å²) in [6.45, 7) is 7.57. The Kier molecular flexibility index (Phi) is 6.06. The molecule has 1 fully saturated rings. The van der Waals surface area contributed by atoms with Crippen molar-refractivity contribution in [3.63, 3.8) is 0 Å². The van der Waals surface area contributed by atoms with Crippen LogP contribution in [0, 0.1) is 5.82 Å². The Labute approximate surface area is 189 Å². The second-order valence-corrected chi connectivity index (χ2v) is 8.66. The third kappa shape index (κ3) is 4.34. The fourth-order valence-electron chi connectivity index (χ4n) is 4.80. The minimum atomic E-state index is -0.251. The minimum absolute atomic E-state index is 0.0908. The molecule has 2 aliphatic rings. The van der Waals surface area contributed by atoms with Gasteiger partial charge in [0.2, 0.25) is 0 Å². The second-order valence-electron chi connectivity index (χ2n) is 8.66. The zero-order chi connectivity index (χ0) is 21.9. The van der Waals surface area contributed by atoms with E-state index >= 15 is 0 Å². The van der Waals surface area contributed by atoms with Crippen LogP contribution < -0.4 is 4.74 Å². The molecule has 1 unspecified atom stereocenters. The largest absolute Gasteiger partial charge is 0.488 e. The lowest BCUT2D eigenvalue weighted by Crippen LogP contribution is -2.47. The summed E-state index contributed by atoms with van der Waals surface area (Å²) in [5.41, 5.74) is 6.11. The number of nitrogens with zero attached hydrogens (tertiary/aromatic N) is 2. The van der Waals surface area contributed by atoms with E-state index in [9.17, 15) is 4.39 Å². The van der Waals surface area contributed by atoms with E-state index in [4.69, 9.17) is 4.74 Å². The summed E-state index contributed by atoms with van der Waals surface area (Å²) in [4.78, 5) is 5.03. The van der Waals surface area contributed by atoms with Crippen molar-refractivity contribution in [3.8, 4) is 5.75 Å². The van der Waals surface area contributed by atoms with E-state index in [0.29, 0.717) is 12.4 Å². The maximum atomic E-state index is 13.9. The van der Waals surface area contributed by atoms with Gasteiger partial charge in [-0.2, -0.15) is 0 Å². The number of halogens is 1. The van der Waals surface area contributed by atoms with E-state index in [1.54, 1.807) is 6.07 Å². The zero-order valence-corrected chi connectivity index (χ0v) is 18.5. The molecule has 0 aliphatic carbocycles. The Morgan fingerprint density at radius 1 is 0.938 bits per heavy atom. The molecule has 3 aromatic carbocycles. The van der Waals surface area contributed by atoms with Gasteiger partial charge in [-0.3, -0.25) is 9.80 Å². The number of hydrogen-bond donors (Lipinski definition) is 0. The average Bonchev–Trinajstić information content (AvgIpc) is 3.00. The van der Waals surface area contributed by atoms with Gasteiger partial charge in [0.1, 0.15) is 18.2 Å². The Bertz CT molecular complexity index is 1100. The third-order valence-corrected chi connectivity index (χ3v) is 6.66. The van der Waals surface area contributed by atoms with Crippen LogP contribution in [-0.2, 0) is 6.61 Å². The molecule has 0 N–H and O–H groups in total. The number of rotatable bonds is 4. The standard InChI is InChI=1S/C28H29FN2O/c1-21(22-7-3-2-4-8-22)13-14-30-15-17-31(18-16-30)28-25-10-6-5-9-23(25)20-32-27-19-24(29)11-12-26(27)28/h2-13,19,28H,14-18,20H2,1H3/b21-13+. The van der Waals surface area contributed by atoms with Crippen LogP contribution in [0.5, 0.6) is 5.75 Å². The molecule has 0 aromatic heterocycles. The first-order valence-electron chi connectivity index (χ1n) is 11.4. The predicted octanol–water partition coefficient (Wildman–Crippen LogP) is 5.53. The third-order valence-electron chi connectivity index (χ3n) is 6.66. The molecular weight excluding hydrogens is 399 g/mol. The van der Waals surface area contributed by atoms with Crippen molar-refractivity contribution in [2.45, 2.75) is 19.6 Å². The quantitative estimate of drug-likeness (QED) is 0.544. The molecule has 164 valence electrons. The van der Waals surface area contributed by atoms with E-state index in [1.165, 1.54) is 28.3 Å². The molecule has 5 rings (SSSR count). The van der Waals surface area contributed by atoms with Gasteiger partial charge in [-0.1, -0.05) is 66.7 Å². The highest BCUT2D eigenvalue weighted by molar-refractivity contribution is 5.63. The van der Waals surface area contributed by atoms with Gasteiger partial charge < -0.3 is 4.74 Å². The Morgan fingerprint density at radius 3 is 2.50 bits per heavy atom. The summed E-state index contributed by atoms with van der Waals surface area (Å²) in [6, 6.07) is 24.1. The van der Waals surface area contributed by atoms with Crippen LogP contribution in [0.1, 0.15) is 35.2 Å². The first-order chi connectivity index (χ1) is 15.7. The van der Waals surface area contributed by atoms with Crippen LogP contribution in [0.15, 0.2) is 78.9 Å². The average molecular weight is 429 g/mol. The van der Waals surface area contributed by atoms with Crippen LogP contribution in [0.3, 0.4) is 0 Å². The molecule has 4 heteroatoms. The highest BCUT2D eigenvalue weighted by atomic mass is 19.1. The van der Waals surface area contributed by atoms with Crippen LogP contribution >= 0.6 is 0 Å². The summed E-state index contributed by atoms with van der Waals surface area (Å²) in [6.07, 6.45) is 2.33. The number of benzene rings is 3.